The van der Waals surface area contributed by atoms with Gasteiger partial charge in [-0.1, -0.05) is 27.5 Å². The van der Waals surface area contributed by atoms with E-state index >= 15 is 0 Å². The van der Waals surface area contributed by atoms with Gasteiger partial charge in [-0.2, -0.15) is 0 Å². The second-order valence-electron chi connectivity index (χ2n) is 5.30. The van der Waals surface area contributed by atoms with Crippen molar-refractivity contribution in [1.29, 1.82) is 0 Å². The third-order valence-electron chi connectivity index (χ3n) is 3.53. The van der Waals surface area contributed by atoms with Gasteiger partial charge in [0.1, 0.15) is 17.4 Å². The molecular formula is C18H14BrClN2O3S. The lowest BCUT2D eigenvalue weighted by Crippen LogP contribution is -2.08. The second kappa shape index (κ2) is 8.07. The zero-order valence-electron chi connectivity index (χ0n) is 13.7. The highest BCUT2D eigenvalue weighted by molar-refractivity contribution is 9.10. The Hall–Kier alpha value is -2.09. The molecule has 8 heteroatoms. The number of anilines is 1. The van der Waals surface area contributed by atoms with Gasteiger partial charge in [0.15, 0.2) is 0 Å². The molecule has 1 heterocycles. The lowest BCUT2D eigenvalue weighted by Gasteiger charge is -2.07. The number of nitrogens with zero attached hydrogens (tertiary/aromatic N) is 1. The van der Waals surface area contributed by atoms with E-state index in [0.29, 0.717) is 10.7 Å². The minimum atomic E-state index is -0.520. The maximum absolute atomic E-state index is 12.2. The number of hydrogen-bond acceptors (Lipinski definition) is 6. The van der Waals surface area contributed by atoms with Crippen LogP contribution in [-0.4, -0.2) is 18.1 Å². The third-order valence-corrected chi connectivity index (χ3v) is 5.18. The topological polar surface area (TPSA) is 74.4 Å². The van der Waals surface area contributed by atoms with Crippen LogP contribution in [0.1, 0.15) is 16.1 Å². The summed E-state index contributed by atoms with van der Waals surface area (Å²) in [5, 5.41) is 3.08. The average Bonchev–Trinajstić information content (AvgIpc) is 3.08. The van der Waals surface area contributed by atoms with Crippen LogP contribution in [0, 0.1) is 0 Å². The number of carbonyl (C=O) groups excluding carboxylic acids is 1. The summed E-state index contributed by atoms with van der Waals surface area (Å²) >= 11 is 10.7. The molecule has 2 aromatic carbocycles. The van der Waals surface area contributed by atoms with Crippen molar-refractivity contribution in [2.24, 2.45) is 0 Å². The van der Waals surface area contributed by atoms with Gasteiger partial charge in [-0.3, -0.25) is 0 Å². The fraction of sp³-hybridized carbons (Fsp3) is 0.111. The van der Waals surface area contributed by atoms with E-state index in [0.717, 1.165) is 20.8 Å². The molecule has 0 radical (unpaired) electrons. The first kappa shape index (κ1) is 18.7. The summed E-state index contributed by atoms with van der Waals surface area (Å²) in [7, 11) is 1.61. The van der Waals surface area contributed by atoms with E-state index in [4.69, 9.17) is 26.8 Å². The van der Waals surface area contributed by atoms with E-state index in [9.17, 15) is 4.79 Å². The molecule has 0 aliphatic rings. The van der Waals surface area contributed by atoms with Crippen molar-refractivity contribution in [3.8, 4) is 16.3 Å². The fourth-order valence-corrected chi connectivity index (χ4v) is 3.65. The number of hydrogen-bond donors (Lipinski definition) is 1. The molecule has 2 N–H and O–H groups in total. The molecule has 134 valence electrons. The molecule has 0 amide bonds. The Balaban J connectivity index is 1.73. The van der Waals surface area contributed by atoms with Gasteiger partial charge in [0.05, 0.1) is 23.9 Å². The highest BCUT2D eigenvalue weighted by Gasteiger charge is 2.14. The Kier molecular flexibility index (Phi) is 5.80. The monoisotopic (exact) mass is 452 g/mol. The third kappa shape index (κ3) is 4.17. The van der Waals surface area contributed by atoms with E-state index in [1.54, 1.807) is 19.2 Å². The maximum atomic E-state index is 12.2. The van der Waals surface area contributed by atoms with Gasteiger partial charge in [-0.25, -0.2) is 9.78 Å². The quantitative estimate of drug-likeness (QED) is 0.426. The second-order valence-corrected chi connectivity index (χ2v) is 7.51. The lowest BCUT2D eigenvalue weighted by atomic mass is 10.2. The largest absolute Gasteiger partial charge is 0.496 e. The molecule has 0 aliphatic carbocycles. The number of methoxy groups -OCH3 is 1. The number of nitrogens with two attached hydrogens (primary N) is 1. The van der Waals surface area contributed by atoms with Crippen LogP contribution in [0.25, 0.3) is 10.6 Å². The van der Waals surface area contributed by atoms with Gasteiger partial charge in [-0.05, 0) is 36.4 Å². The van der Waals surface area contributed by atoms with Crippen LogP contribution in [-0.2, 0) is 11.3 Å². The van der Waals surface area contributed by atoms with Crippen molar-refractivity contribution >= 4 is 50.5 Å². The van der Waals surface area contributed by atoms with E-state index in [2.05, 4.69) is 20.9 Å². The van der Waals surface area contributed by atoms with Crippen LogP contribution < -0.4 is 10.5 Å². The lowest BCUT2D eigenvalue weighted by molar-refractivity contribution is 0.0470. The molecule has 1 aromatic heterocycles. The van der Waals surface area contributed by atoms with Crippen LogP contribution in [0.3, 0.4) is 0 Å². The molecule has 0 unspecified atom stereocenters. The van der Waals surface area contributed by atoms with Crippen molar-refractivity contribution < 1.29 is 14.3 Å². The summed E-state index contributed by atoms with van der Waals surface area (Å²) in [6, 6.07) is 10.3. The van der Waals surface area contributed by atoms with Crippen LogP contribution in [0.2, 0.25) is 5.02 Å². The zero-order valence-corrected chi connectivity index (χ0v) is 16.8. The number of nitrogen functional groups attached to an aromatic ring is 1. The highest BCUT2D eigenvalue weighted by Crippen LogP contribution is 2.34. The molecule has 0 saturated carbocycles. The smallest absolute Gasteiger partial charge is 0.340 e. The number of esters is 1. The molecular weight excluding hydrogens is 440 g/mol. The molecule has 0 bridgehead atoms. The van der Waals surface area contributed by atoms with Gasteiger partial charge in [0.25, 0.3) is 0 Å². The Labute approximate surface area is 167 Å². The number of ether oxygens (including phenoxy) is 2. The average molecular weight is 454 g/mol. The van der Waals surface area contributed by atoms with Gasteiger partial charge in [-0.15, -0.1) is 11.3 Å². The van der Waals surface area contributed by atoms with Crippen LogP contribution >= 0.6 is 38.9 Å². The molecule has 0 fully saturated rings. The summed E-state index contributed by atoms with van der Waals surface area (Å²) < 4.78 is 11.6. The van der Waals surface area contributed by atoms with E-state index < -0.39 is 5.97 Å². The van der Waals surface area contributed by atoms with Crippen molar-refractivity contribution in [2.75, 3.05) is 12.8 Å². The summed E-state index contributed by atoms with van der Waals surface area (Å²) in [6.45, 7) is 0.0493. The van der Waals surface area contributed by atoms with Gasteiger partial charge in [0, 0.05) is 20.6 Å². The number of aromatic nitrogens is 1. The van der Waals surface area contributed by atoms with Crippen molar-refractivity contribution in [1.82, 2.24) is 4.98 Å². The molecule has 3 aromatic rings. The van der Waals surface area contributed by atoms with Crippen LogP contribution in [0.15, 0.2) is 46.3 Å². The number of rotatable bonds is 5. The zero-order chi connectivity index (χ0) is 18.7. The minimum Gasteiger partial charge on any atom is -0.496 e. The Morgan fingerprint density at radius 1 is 1.31 bits per heavy atom. The Morgan fingerprint density at radius 3 is 2.85 bits per heavy atom. The first-order chi connectivity index (χ1) is 12.5. The Morgan fingerprint density at radius 2 is 2.12 bits per heavy atom. The number of thiazole rings is 1. The first-order valence-electron chi connectivity index (χ1n) is 7.48. The minimum absolute atomic E-state index is 0.0493. The molecule has 26 heavy (non-hydrogen) atoms. The molecule has 3 rings (SSSR count). The normalized spacial score (nSPS) is 10.6. The molecule has 0 aliphatic heterocycles. The molecule has 0 atom stereocenters. The predicted octanol–water partition coefficient (Wildman–Crippen LogP) is 5.17. The first-order valence-corrected chi connectivity index (χ1v) is 9.53. The van der Waals surface area contributed by atoms with Crippen molar-refractivity contribution in [3.63, 3.8) is 0 Å². The summed E-state index contributed by atoms with van der Waals surface area (Å²) in [5.41, 5.74) is 7.87. The molecule has 0 saturated heterocycles. The van der Waals surface area contributed by atoms with Crippen molar-refractivity contribution in [2.45, 2.75) is 6.61 Å². The van der Waals surface area contributed by atoms with Crippen LogP contribution in [0.4, 0.5) is 5.69 Å². The van der Waals surface area contributed by atoms with E-state index in [-0.39, 0.29) is 17.9 Å². The fourth-order valence-electron chi connectivity index (χ4n) is 2.28. The standard InChI is InChI=1S/C18H14BrClN2O3S/c1-24-16-5-2-10(19)6-14(16)17-22-12(9-26-17)8-25-18(23)13-4-3-11(20)7-15(13)21/h2-7,9H,8,21H2,1H3. The summed E-state index contributed by atoms with van der Waals surface area (Å²) in [6.07, 6.45) is 0. The number of benzene rings is 2. The number of halogens is 2. The van der Waals surface area contributed by atoms with Gasteiger partial charge in [0.2, 0.25) is 0 Å². The number of carbonyl (C=O) groups is 1. The SMILES string of the molecule is COc1ccc(Br)cc1-c1nc(COC(=O)c2ccc(Cl)cc2N)cs1. The van der Waals surface area contributed by atoms with Crippen molar-refractivity contribution in [3.05, 3.63) is 62.5 Å². The summed E-state index contributed by atoms with van der Waals surface area (Å²) in [5.74, 6) is 0.203. The maximum Gasteiger partial charge on any atom is 0.340 e. The Bertz CT molecular complexity index is 961. The van der Waals surface area contributed by atoms with E-state index in [1.807, 2.05) is 23.6 Å². The predicted molar refractivity (Wildman–Crippen MR) is 107 cm³/mol. The van der Waals surface area contributed by atoms with E-state index in [1.165, 1.54) is 17.4 Å². The van der Waals surface area contributed by atoms with Gasteiger partial charge >= 0.3 is 5.97 Å². The molecule has 5 nitrogen and oxygen atoms in total. The van der Waals surface area contributed by atoms with Gasteiger partial charge < -0.3 is 15.2 Å². The highest BCUT2D eigenvalue weighted by atomic mass is 79.9. The molecule has 0 spiro atoms. The summed E-state index contributed by atoms with van der Waals surface area (Å²) in [4.78, 5) is 16.7. The van der Waals surface area contributed by atoms with Crippen LogP contribution in [0.5, 0.6) is 5.75 Å².